The Bertz CT molecular complexity index is 327. The van der Waals surface area contributed by atoms with Crippen molar-refractivity contribution >= 4 is 11.6 Å². The second-order valence-electron chi connectivity index (χ2n) is 3.45. The topological polar surface area (TPSA) is 46.2 Å². The third-order valence-electron chi connectivity index (χ3n) is 2.61. The number of nitrogens with two attached hydrogens (primary N) is 1. The predicted molar refractivity (Wildman–Crippen MR) is 52.7 cm³/mol. The van der Waals surface area contributed by atoms with E-state index in [4.69, 9.17) is 17.3 Å². The van der Waals surface area contributed by atoms with E-state index in [0.29, 0.717) is 0 Å². The standard InChI is InChI=1S/C10H12ClNO/c11-8-3-1-2-7-6(8)4-5-9(12)10(7)13/h1-3,9-10,13H,4-5,12H2/t9-,10+/m0/s1. The van der Waals surface area contributed by atoms with Crippen LogP contribution in [0.5, 0.6) is 0 Å². The molecule has 0 spiro atoms. The van der Waals surface area contributed by atoms with Crippen molar-refractivity contribution < 1.29 is 5.11 Å². The molecule has 2 nitrogen and oxygen atoms in total. The van der Waals surface area contributed by atoms with Gasteiger partial charge in [-0.25, -0.2) is 0 Å². The molecule has 0 saturated carbocycles. The van der Waals surface area contributed by atoms with Crippen molar-refractivity contribution in [2.45, 2.75) is 25.0 Å². The molecule has 1 aromatic rings. The summed E-state index contributed by atoms with van der Waals surface area (Å²) >= 11 is 6.00. The van der Waals surface area contributed by atoms with Crippen LogP contribution in [-0.2, 0) is 6.42 Å². The molecule has 0 aliphatic heterocycles. The molecular formula is C10H12ClNO. The minimum atomic E-state index is -0.553. The molecule has 0 unspecified atom stereocenters. The zero-order valence-corrected chi connectivity index (χ0v) is 7.96. The second kappa shape index (κ2) is 3.29. The monoisotopic (exact) mass is 197 g/mol. The summed E-state index contributed by atoms with van der Waals surface area (Å²) in [5.41, 5.74) is 7.70. The van der Waals surface area contributed by atoms with E-state index in [0.717, 1.165) is 29.0 Å². The summed E-state index contributed by atoms with van der Waals surface area (Å²) < 4.78 is 0. The van der Waals surface area contributed by atoms with E-state index >= 15 is 0 Å². The van der Waals surface area contributed by atoms with Crippen molar-refractivity contribution in [2.24, 2.45) is 5.73 Å². The molecule has 1 aromatic carbocycles. The van der Waals surface area contributed by atoms with Crippen LogP contribution in [0.1, 0.15) is 23.7 Å². The third-order valence-corrected chi connectivity index (χ3v) is 2.96. The van der Waals surface area contributed by atoms with E-state index in [9.17, 15) is 5.11 Å². The highest BCUT2D eigenvalue weighted by Crippen LogP contribution is 2.32. The average molecular weight is 198 g/mol. The number of hydrogen-bond donors (Lipinski definition) is 2. The molecule has 0 amide bonds. The number of aliphatic hydroxyl groups is 1. The van der Waals surface area contributed by atoms with Crippen LogP contribution in [0.2, 0.25) is 5.02 Å². The quantitative estimate of drug-likeness (QED) is 0.665. The van der Waals surface area contributed by atoms with Gasteiger partial charge in [-0.3, -0.25) is 0 Å². The summed E-state index contributed by atoms with van der Waals surface area (Å²) in [7, 11) is 0. The van der Waals surface area contributed by atoms with Crippen LogP contribution < -0.4 is 5.73 Å². The van der Waals surface area contributed by atoms with Crippen LogP contribution in [0, 0.1) is 0 Å². The van der Waals surface area contributed by atoms with Crippen molar-refractivity contribution in [3.63, 3.8) is 0 Å². The van der Waals surface area contributed by atoms with Gasteiger partial charge in [0.15, 0.2) is 0 Å². The third kappa shape index (κ3) is 1.46. The first-order valence-electron chi connectivity index (χ1n) is 4.41. The molecule has 13 heavy (non-hydrogen) atoms. The SMILES string of the molecule is N[C@H]1CCc2c(Cl)cccc2[C@H]1O. The number of benzene rings is 1. The summed E-state index contributed by atoms with van der Waals surface area (Å²) in [5.74, 6) is 0. The average Bonchev–Trinajstić information content (AvgIpc) is 2.12. The number of aliphatic hydroxyl groups excluding tert-OH is 1. The van der Waals surface area contributed by atoms with Gasteiger partial charge in [0, 0.05) is 11.1 Å². The smallest absolute Gasteiger partial charge is 0.0944 e. The molecule has 1 aliphatic rings. The molecule has 0 fully saturated rings. The zero-order chi connectivity index (χ0) is 9.42. The Morgan fingerprint density at radius 2 is 2.23 bits per heavy atom. The van der Waals surface area contributed by atoms with Gasteiger partial charge in [0.25, 0.3) is 0 Å². The van der Waals surface area contributed by atoms with E-state index in [-0.39, 0.29) is 6.04 Å². The Labute approximate surface area is 82.3 Å². The summed E-state index contributed by atoms with van der Waals surface area (Å²) in [6.45, 7) is 0. The fourth-order valence-electron chi connectivity index (χ4n) is 1.82. The van der Waals surface area contributed by atoms with Gasteiger partial charge in [0.05, 0.1) is 6.10 Å². The van der Waals surface area contributed by atoms with Gasteiger partial charge in [-0.15, -0.1) is 0 Å². The Morgan fingerprint density at radius 3 is 3.00 bits per heavy atom. The molecule has 0 aromatic heterocycles. The highest BCUT2D eigenvalue weighted by atomic mass is 35.5. The largest absolute Gasteiger partial charge is 0.387 e. The van der Waals surface area contributed by atoms with Crippen molar-refractivity contribution in [2.75, 3.05) is 0 Å². The number of halogens is 1. The molecule has 0 heterocycles. The van der Waals surface area contributed by atoms with Gasteiger partial charge in [-0.2, -0.15) is 0 Å². The maximum atomic E-state index is 9.77. The van der Waals surface area contributed by atoms with E-state index in [1.807, 2.05) is 18.2 Å². The van der Waals surface area contributed by atoms with Crippen LogP contribution >= 0.6 is 11.6 Å². The molecule has 1 aliphatic carbocycles. The molecule has 3 N–H and O–H groups in total. The molecule has 0 saturated heterocycles. The van der Waals surface area contributed by atoms with E-state index in [1.54, 1.807) is 0 Å². The van der Waals surface area contributed by atoms with Crippen molar-refractivity contribution in [1.29, 1.82) is 0 Å². The van der Waals surface area contributed by atoms with Crippen LogP contribution in [0.25, 0.3) is 0 Å². The molecule has 0 radical (unpaired) electrons. The van der Waals surface area contributed by atoms with Crippen LogP contribution in [0.3, 0.4) is 0 Å². The molecule has 3 heteroatoms. The van der Waals surface area contributed by atoms with Gasteiger partial charge in [0.2, 0.25) is 0 Å². The zero-order valence-electron chi connectivity index (χ0n) is 7.20. The molecule has 0 bridgehead atoms. The number of hydrogen-bond acceptors (Lipinski definition) is 2. The van der Waals surface area contributed by atoms with Gasteiger partial charge in [0.1, 0.15) is 0 Å². The maximum absolute atomic E-state index is 9.77. The van der Waals surface area contributed by atoms with Crippen LogP contribution in [0.4, 0.5) is 0 Å². The number of rotatable bonds is 0. The molecule has 70 valence electrons. The lowest BCUT2D eigenvalue weighted by atomic mass is 9.86. The van der Waals surface area contributed by atoms with E-state index < -0.39 is 6.10 Å². The Hall–Kier alpha value is -0.570. The Balaban J connectivity index is 2.49. The lowest BCUT2D eigenvalue weighted by molar-refractivity contribution is 0.134. The first-order chi connectivity index (χ1) is 6.20. The molecular weight excluding hydrogens is 186 g/mol. The van der Waals surface area contributed by atoms with Crippen molar-refractivity contribution in [1.82, 2.24) is 0 Å². The molecule has 2 atom stereocenters. The van der Waals surface area contributed by atoms with Crippen molar-refractivity contribution in [3.05, 3.63) is 34.3 Å². The Morgan fingerprint density at radius 1 is 1.46 bits per heavy atom. The van der Waals surface area contributed by atoms with Gasteiger partial charge < -0.3 is 10.8 Å². The highest BCUT2D eigenvalue weighted by molar-refractivity contribution is 6.31. The predicted octanol–water partition coefficient (Wildman–Crippen LogP) is 1.65. The van der Waals surface area contributed by atoms with Crippen molar-refractivity contribution in [3.8, 4) is 0 Å². The van der Waals surface area contributed by atoms with Gasteiger partial charge in [-0.05, 0) is 30.0 Å². The minimum absolute atomic E-state index is 0.147. The van der Waals surface area contributed by atoms with E-state index in [1.165, 1.54) is 0 Å². The van der Waals surface area contributed by atoms with Gasteiger partial charge >= 0.3 is 0 Å². The summed E-state index contributed by atoms with van der Waals surface area (Å²) in [6, 6.07) is 5.45. The Kier molecular flexibility index (Phi) is 2.28. The summed E-state index contributed by atoms with van der Waals surface area (Å²) in [4.78, 5) is 0. The summed E-state index contributed by atoms with van der Waals surface area (Å²) in [6.07, 6.45) is 1.12. The van der Waals surface area contributed by atoms with Gasteiger partial charge in [-0.1, -0.05) is 23.7 Å². The number of fused-ring (bicyclic) bond motifs is 1. The second-order valence-corrected chi connectivity index (χ2v) is 3.86. The maximum Gasteiger partial charge on any atom is 0.0944 e. The summed E-state index contributed by atoms with van der Waals surface area (Å²) in [5, 5.41) is 10.5. The minimum Gasteiger partial charge on any atom is -0.387 e. The van der Waals surface area contributed by atoms with E-state index in [2.05, 4.69) is 0 Å². The van der Waals surface area contributed by atoms with Crippen LogP contribution in [-0.4, -0.2) is 11.1 Å². The fraction of sp³-hybridized carbons (Fsp3) is 0.400. The normalized spacial score (nSPS) is 27.0. The first kappa shape index (κ1) is 9.00. The molecule has 2 rings (SSSR count). The fourth-order valence-corrected chi connectivity index (χ4v) is 2.09. The van der Waals surface area contributed by atoms with Crippen LogP contribution in [0.15, 0.2) is 18.2 Å². The lowest BCUT2D eigenvalue weighted by Crippen LogP contribution is -2.33. The highest BCUT2D eigenvalue weighted by Gasteiger charge is 2.25. The lowest BCUT2D eigenvalue weighted by Gasteiger charge is -2.27. The first-order valence-corrected chi connectivity index (χ1v) is 4.79.